The van der Waals surface area contributed by atoms with E-state index in [2.05, 4.69) is 240 Å². The van der Waals surface area contributed by atoms with E-state index in [0.29, 0.717) is 0 Å². The number of anilines is 3. The van der Waals surface area contributed by atoms with Crippen LogP contribution in [-0.4, -0.2) is 4.57 Å². The van der Waals surface area contributed by atoms with Gasteiger partial charge in [-0.05, 0) is 122 Å². The minimum Gasteiger partial charge on any atom is -0.456 e. The molecule has 0 aliphatic heterocycles. The molecule has 0 saturated heterocycles. The molecule has 0 radical (unpaired) electrons. The van der Waals surface area contributed by atoms with E-state index >= 15 is 0 Å². The van der Waals surface area contributed by atoms with Crippen molar-refractivity contribution in [2.75, 3.05) is 4.90 Å². The largest absolute Gasteiger partial charge is 0.456 e. The molecule has 0 atom stereocenters. The van der Waals surface area contributed by atoms with Gasteiger partial charge in [0.1, 0.15) is 11.2 Å². The third-order valence-electron chi connectivity index (χ3n) is 13.2. The molecule has 3 heteroatoms. The van der Waals surface area contributed by atoms with Crippen LogP contribution in [0, 0.1) is 0 Å². The van der Waals surface area contributed by atoms with Gasteiger partial charge in [-0.15, -0.1) is 0 Å². The molecule has 0 aliphatic carbocycles. The maximum atomic E-state index is 6.33. The van der Waals surface area contributed by atoms with Crippen LogP contribution in [0.4, 0.5) is 17.1 Å². The summed E-state index contributed by atoms with van der Waals surface area (Å²) in [5.74, 6) is 0. The van der Waals surface area contributed by atoms with E-state index in [1.165, 1.54) is 60.0 Å². The number of hydrogen-bond acceptors (Lipinski definition) is 2. The molecule has 0 spiro atoms. The molecule has 13 aromatic rings. The zero-order valence-electron chi connectivity index (χ0n) is 35.4. The highest BCUT2D eigenvalue weighted by Crippen LogP contribution is 2.45. The summed E-state index contributed by atoms with van der Waals surface area (Å²) < 4.78 is 8.70. The molecule has 0 bridgehead atoms. The lowest BCUT2D eigenvalue weighted by molar-refractivity contribution is 0.669. The molecule has 0 unspecified atom stereocenters. The van der Waals surface area contributed by atoms with Crippen LogP contribution in [0.25, 0.3) is 104 Å². The van der Waals surface area contributed by atoms with Gasteiger partial charge >= 0.3 is 0 Å². The van der Waals surface area contributed by atoms with Crippen molar-refractivity contribution in [3.63, 3.8) is 0 Å². The molecular weight excluding hydrogens is 789 g/mol. The van der Waals surface area contributed by atoms with E-state index in [4.69, 9.17) is 4.42 Å². The molecule has 0 saturated carbocycles. The van der Waals surface area contributed by atoms with Crippen LogP contribution in [0.1, 0.15) is 0 Å². The molecule has 0 amide bonds. The van der Waals surface area contributed by atoms with Gasteiger partial charge in [-0.25, -0.2) is 0 Å². The molecule has 3 nitrogen and oxygen atoms in total. The maximum absolute atomic E-state index is 6.33. The second kappa shape index (κ2) is 15.0. The van der Waals surface area contributed by atoms with Gasteiger partial charge in [0.25, 0.3) is 0 Å². The van der Waals surface area contributed by atoms with Gasteiger partial charge in [0.05, 0.1) is 16.7 Å². The predicted octanol–water partition coefficient (Wildman–Crippen LogP) is 17.5. The molecule has 0 aliphatic rings. The average molecular weight is 829 g/mol. The van der Waals surface area contributed by atoms with Crippen LogP contribution < -0.4 is 4.90 Å². The van der Waals surface area contributed by atoms with Crippen LogP contribution in [0.3, 0.4) is 0 Å². The number of nitrogens with zero attached hydrogens (tertiary/aromatic N) is 2. The molecule has 0 fully saturated rings. The maximum Gasteiger partial charge on any atom is 0.136 e. The van der Waals surface area contributed by atoms with E-state index in [1.807, 2.05) is 12.1 Å². The van der Waals surface area contributed by atoms with Crippen LogP contribution >= 0.6 is 0 Å². The summed E-state index contributed by atoms with van der Waals surface area (Å²) in [6.45, 7) is 0. The quantitative estimate of drug-likeness (QED) is 0.149. The first-order valence-electron chi connectivity index (χ1n) is 22.2. The third kappa shape index (κ3) is 6.12. The molecule has 0 N–H and O–H groups in total. The van der Waals surface area contributed by atoms with Crippen molar-refractivity contribution in [3.8, 4) is 39.1 Å². The third-order valence-corrected chi connectivity index (χ3v) is 13.2. The Morgan fingerprint density at radius 2 is 0.892 bits per heavy atom. The summed E-state index contributed by atoms with van der Waals surface area (Å²) in [5, 5.41) is 9.67. The monoisotopic (exact) mass is 828 g/mol. The number of furan rings is 1. The topological polar surface area (TPSA) is 21.3 Å². The highest BCUT2D eigenvalue weighted by molar-refractivity contribution is 6.16. The van der Waals surface area contributed by atoms with Gasteiger partial charge in [0.2, 0.25) is 0 Å². The van der Waals surface area contributed by atoms with Crippen molar-refractivity contribution in [1.29, 1.82) is 0 Å². The lowest BCUT2D eigenvalue weighted by Crippen LogP contribution is -2.10. The van der Waals surface area contributed by atoms with Crippen LogP contribution in [-0.2, 0) is 0 Å². The Labute approximate surface area is 376 Å². The van der Waals surface area contributed by atoms with Gasteiger partial charge in [-0.1, -0.05) is 170 Å². The predicted molar refractivity (Wildman–Crippen MR) is 274 cm³/mol. The highest BCUT2D eigenvalue weighted by atomic mass is 16.3. The summed E-state index contributed by atoms with van der Waals surface area (Å²) >= 11 is 0. The van der Waals surface area contributed by atoms with E-state index in [-0.39, 0.29) is 0 Å². The number of benzene rings is 11. The normalized spacial score (nSPS) is 11.7. The van der Waals surface area contributed by atoms with Gasteiger partial charge in [-0.2, -0.15) is 0 Å². The van der Waals surface area contributed by atoms with E-state index in [0.717, 1.165) is 61.4 Å². The summed E-state index contributed by atoms with van der Waals surface area (Å²) in [7, 11) is 0. The lowest BCUT2D eigenvalue weighted by atomic mass is 9.97. The molecule has 2 heterocycles. The van der Waals surface area contributed by atoms with Crippen LogP contribution in [0.15, 0.2) is 247 Å². The Balaban J connectivity index is 0.900. The minimum absolute atomic E-state index is 0.891. The fraction of sp³-hybridized carbons (Fsp3) is 0. The summed E-state index contributed by atoms with van der Waals surface area (Å²) in [5.41, 5.74) is 15.6. The minimum atomic E-state index is 0.891. The molecule has 65 heavy (non-hydrogen) atoms. The smallest absolute Gasteiger partial charge is 0.136 e. The van der Waals surface area contributed by atoms with Gasteiger partial charge in [0, 0.05) is 44.0 Å². The Hall–Kier alpha value is -8.66. The van der Waals surface area contributed by atoms with E-state index in [9.17, 15) is 0 Å². The lowest BCUT2D eigenvalue weighted by Gasteiger charge is -2.28. The number of rotatable bonds is 7. The first-order chi connectivity index (χ1) is 32.2. The first-order valence-corrected chi connectivity index (χ1v) is 22.2. The Bertz CT molecular complexity index is 3900. The molecule has 2 aromatic heterocycles. The van der Waals surface area contributed by atoms with Crippen molar-refractivity contribution >= 4 is 82.4 Å². The number of para-hydroxylation sites is 3. The van der Waals surface area contributed by atoms with Crippen LogP contribution in [0.2, 0.25) is 0 Å². The van der Waals surface area contributed by atoms with Crippen molar-refractivity contribution in [2.24, 2.45) is 0 Å². The first kappa shape index (κ1) is 36.9. The van der Waals surface area contributed by atoms with Gasteiger partial charge < -0.3 is 13.9 Å². The Kier molecular flexibility index (Phi) is 8.53. The van der Waals surface area contributed by atoms with Crippen LogP contribution in [0.5, 0.6) is 0 Å². The van der Waals surface area contributed by atoms with E-state index in [1.54, 1.807) is 0 Å². The van der Waals surface area contributed by atoms with E-state index < -0.39 is 0 Å². The van der Waals surface area contributed by atoms with Gasteiger partial charge in [-0.3, -0.25) is 0 Å². The average Bonchev–Trinajstić information content (AvgIpc) is 3.93. The van der Waals surface area contributed by atoms with Crippen molar-refractivity contribution in [1.82, 2.24) is 4.57 Å². The highest BCUT2D eigenvalue weighted by Gasteiger charge is 2.20. The number of aromatic nitrogens is 1. The zero-order valence-corrected chi connectivity index (χ0v) is 35.4. The van der Waals surface area contributed by atoms with Gasteiger partial charge in [0.15, 0.2) is 0 Å². The standard InChI is InChI=1S/C62H40N2O/c1-2-19-51-43(13-1)29-30-44-14-11-26-58(61(44)51)63(50-18-10-17-47(40-50)52-23-12-28-60-62(52)55-22-5-8-27-59(55)65-60)48-35-31-41(32-36-48)45-15-9-16-46(39-45)42-33-37-49(38-34-42)64-56-24-6-3-20-53(56)54-21-4-7-25-57(54)64/h1-40H. The second-order valence-corrected chi connectivity index (χ2v) is 16.9. The molecule has 11 aromatic carbocycles. The molecule has 304 valence electrons. The SMILES string of the molecule is c1cc(-c2ccc(N(c3cccc(-c4cccc5oc6ccccc6c45)c3)c3cccc4ccc5ccccc5c34)cc2)cc(-c2ccc(-n3c4ccccc4c4ccccc43)cc2)c1. The number of fused-ring (bicyclic) bond motifs is 9. The summed E-state index contributed by atoms with van der Waals surface area (Å²) in [4.78, 5) is 2.42. The summed E-state index contributed by atoms with van der Waals surface area (Å²) in [6, 6.07) is 87.7. The fourth-order valence-corrected chi connectivity index (χ4v) is 10.2. The summed E-state index contributed by atoms with van der Waals surface area (Å²) in [6.07, 6.45) is 0. The second-order valence-electron chi connectivity index (χ2n) is 16.9. The Morgan fingerprint density at radius 1 is 0.323 bits per heavy atom. The number of hydrogen-bond donors (Lipinski definition) is 0. The Morgan fingerprint density at radius 3 is 1.66 bits per heavy atom. The molecule has 13 rings (SSSR count). The fourth-order valence-electron chi connectivity index (χ4n) is 10.2. The zero-order chi connectivity index (χ0) is 42.8. The van der Waals surface area contributed by atoms with Crippen molar-refractivity contribution in [2.45, 2.75) is 0 Å². The molecular formula is C62H40N2O. The van der Waals surface area contributed by atoms with Crippen molar-refractivity contribution in [3.05, 3.63) is 243 Å². The van der Waals surface area contributed by atoms with Crippen molar-refractivity contribution < 1.29 is 4.42 Å².